The zero-order valence-electron chi connectivity index (χ0n) is 14.2. The molecule has 0 radical (unpaired) electrons. The van der Waals surface area contributed by atoms with Crippen LogP contribution < -0.4 is 20.6 Å². The number of hydrogen-bond donors (Lipinski definition) is 2. The Morgan fingerprint density at radius 3 is 2.65 bits per heavy atom. The molecule has 2 aromatic carbocycles. The van der Waals surface area contributed by atoms with E-state index in [0.717, 1.165) is 11.1 Å². The highest BCUT2D eigenvalue weighted by Gasteiger charge is 2.13. The molecule has 0 amide bonds. The van der Waals surface area contributed by atoms with Crippen LogP contribution in [0.5, 0.6) is 11.5 Å². The molecule has 0 fully saturated rings. The third-order valence-electron chi connectivity index (χ3n) is 3.60. The number of benzene rings is 2. The lowest BCUT2D eigenvalue weighted by atomic mass is 10.2. The van der Waals surface area contributed by atoms with Crippen molar-refractivity contribution in [2.24, 2.45) is 0 Å². The van der Waals surface area contributed by atoms with Crippen LogP contribution in [0.3, 0.4) is 0 Å². The zero-order chi connectivity index (χ0) is 18.4. The molecule has 3 rings (SSSR count). The van der Waals surface area contributed by atoms with E-state index in [0.29, 0.717) is 36.3 Å². The van der Waals surface area contributed by atoms with Gasteiger partial charge in [0.15, 0.2) is 11.5 Å². The summed E-state index contributed by atoms with van der Waals surface area (Å²) in [7, 11) is 0. The Morgan fingerprint density at radius 2 is 1.92 bits per heavy atom. The smallest absolute Gasteiger partial charge is 0.260 e. The van der Waals surface area contributed by atoms with E-state index in [1.54, 1.807) is 0 Å². The minimum Gasteiger partial charge on any atom is -0.490 e. The molecule has 1 aromatic heterocycles. The average molecular weight is 375 g/mol. The molecule has 0 spiro atoms. The third-order valence-corrected chi connectivity index (χ3v) is 3.97. The van der Waals surface area contributed by atoms with Gasteiger partial charge in [-0.25, -0.2) is 0 Å². The van der Waals surface area contributed by atoms with Crippen molar-refractivity contribution >= 4 is 17.5 Å². The topological polar surface area (TPSA) is 100 Å². The molecule has 0 aliphatic heterocycles. The second-order valence-electron chi connectivity index (χ2n) is 5.34. The molecule has 0 aliphatic rings. The molecular weight excluding hydrogens is 356 g/mol. The van der Waals surface area contributed by atoms with E-state index in [4.69, 9.17) is 26.8 Å². The summed E-state index contributed by atoms with van der Waals surface area (Å²) in [4.78, 5) is 1.30. The highest BCUT2D eigenvalue weighted by Crippen LogP contribution is 2.33. The molecule has 0 atom stereocenters. The van der Waals surface area contributed by atoms with E-state index in [1.807, 2.05) is 49.4 Å². The van der Waals surface area contributed by atoms with Gasteiger partial charge in [0.25, 0.3) is 5.95 Å². The summed E-state index contributed by atoms with van der Waals surface area (Å²) in [6.07, 6.45) is 0. The second kappa shape index (κ2) is 8.39. The van der Waals surface area contributed by atoms with Crippen LogP contribution in [0.4, 0.5) is 5.95 Å². The minimum absolute atomic E-state index is 0.171. The van der Waals surface area contributed by atoms with Crippen molar-refractivity contribution in [3.8, 4) is 11.5 Å². The zero-order valence-corrected chi connectivity index (χ0v) is 15.0. The van der Waals surface area contributed by atoms with E-state index in [2.05, 4.69) is 21.0 Å². The predicted octanol–water partition coefficient (Wildman–Crippen LogP) is 2.63. The summed E-state index contributed by atoms with van der Waals surface area (Å²) in [6.45, 7) is 3.17. The van der Waals surface area contributed by atoms with Crippen molar-refractivity contribution in [2.75, 3.05) is 17.8 Å². The normalized spacial score (nSPS) is 10.5. The van der Waals surface area contributed by atoms with Gasteiger partial charge in [0.05, 0.1) is 13.2 Å². The molecule has 9 heteroatoms. The van der Waals surface area contributed by atoms with Crippen LogP contribution in [0.25, 0.3) is 0 Å². The Kier molecular flexibility index (Phi) is 5.75. The van der Waals surface area contributed by atoms with Crippen LogP contribution in [0.1, 0.15) is 18.1 Å². The molecule has 3 aromatic rings. The lowest BCUT2D eigenvalue weighted by Crippen LogP contribution is -2.19. The van der Waals surface area contributed by atoms with Crippen molar-refractivity contribution in [3.05, 3.63) is 58.6 Å². The number of ether oxygens (including phenoxy) is 2. The van der Waals surface area contributed by atoms with E-state index < -0.39 is 0 Å². The van der Waals surface area contributed by atoms with Crippen molar-refractivity contribution in [3.63, 3.8) is 0 Å². The van der Waals surface area contributed by atoms with Gasteiger partial charge in [-0.05, 0) is 29.5 Å². The second-order valence-corrected chi connectivity index (χ2v) is 5.75. The molecule has 0 aliphatic carbocycles. The van der Waals surface area contributed by atoms with Crippen LogP contribution in [-0.4, -0.2) is 26.9 Å². The number of para-hydroxylation sites is 1. The quantitative estimate of drug-likeness (QED) is 0.625. The Balaban J connectivity index is 1.80. The average Bonchev–Trinajstić information content (AvgIpc) is 3.05. The van der Waals surface area contributed by atoms with Gasteiger partial charge in [0, 0.05) is 16.1 Å². The summed E-state index contributed by atoms with van der Waals surface area (Å²) < 4.78 is 11.7. The fourth-order valence-corrected chi connectivity index (χ4v) is 2.56. The Labute approximate surface area is 155 Å². The first-order valence-corrected chi connectivity index (χ1v) is 8.45. The van der Waals surface area contributed by atoms with E-state index in [1.165, 1.54) is 4.79 Å². The molecule has 3 N–H and O–H groups in total. The van der Waals surface area contributed by atoms with Crippen LogP contribution in [0.15, 0.2) is 42.5 Å². The van der Waals surface area contributed by atoms with Gasteiger partial charge >= 0.3 is 0 Å². The van der Waals surface area contributed by atoms with E-state index >= 15 is 0 Å². The maximum absolute atomic E-state index is 6.21. The van der Waals surface area contributed by atoms with Crippen LogP contribution in [0.2, 0.25) is 5.02 Å². The lowest BCUT2D eigenvalue weighted by molar-refractivity contribution is 0.267. The minimum atomic E-state index is 0.171. The summed E-state index contributed by atoms with van der Waals surface area (Å²) >= 11 is 6.21. The third kappa shape index (κ3) is 4.15. The van der Waals surface area contributed by atoms with Crippen molar-refractivity contribution < 1.29 is 9.47 Å². The monoisotopic (exact) mass is 374 g/mol. The first-order chi connectivity index (χ1) is 12.7. The van der Waals surface area contributed by atoms with Crippen molar-refractivity contribution in [1.29, 1.82) is 0 Å². The van der Waals surface area contributed by atoms with Crippen LogP contribution in [-0.2, 0) is 13.2 Å². The highest BCUT2D eigenvalue weighted by atomic mass is 35.5. The van der Waals surface area contributed by atoms with Gasteiger partial charge in [0.1, 0.15) is 6.61 Å². The standard InChI is InChI=1S/C17H19ClN6O2/c1-2-25-15-9-5-7-12(10-20-24-17(19)21-22-23-24)16(15)26-11-13-6-3-4-8-14(13)18/h3-9,20H,2,10-11H2,1H3,(H2,19,21,23). The molecule has 0 saturated heterocycles. The van der Waals surface area contributed by atoms with Crippen LogP contribution >= 0.6 is 11.6 Å². The molecule has 8 nitrogen and oxygen atoms in total. The van der Waals surface area contributed by atoms with E-state index in [9.17, 15) is 0 Å². The number of hydrogen-bond acceptors (Lipinski definition) is 7. The number of nitrogens with zero attached hydrogens (tertiary/aromatic N) is 4. The Morgan fingerprint density at radius 1 is 1.12 bits per heavy atom. The summed E-state index contributed by atoms with van der Waals surface area (Å²) in [5, 5.41) is 11.5. The van der Waals surface area contributed by atoms with Gasteiger partial charge < -0.3 is 20.6 Å². The molecule has 0 saturated carbocycles. The number of tetrazole rings is 1. The first-order valence-electron chi connectivity index (χ1n) is 8.07. The number of aromatic nitrogens is 4. The number of anilines is 1. The molecule has 0 bridgehead atoms. The molecule has 0 unspecified atom stereocenters. The van der Waals surface area contributed by atoms with Crippen LogP contribution in [0, 0.1) is 0 Å². The SMILES string of the molecule is CCOc1cccc(CNn2nnnc2N)c1OCc1ccccc1Cl. The van der Waals surface area contributed by atoms with Gasteiger partial charge in [-0.2, -0.15) is 0 Å². The highest BCUT2D eigenvalue weighted by molar-refractivity contribution is 6.31. The number of nitrogens with one attached hydrogen (secondary N) is 1. The lowest BCUT2D eigenvalue weighted by Gasteiger charge is -2.17. The number of halogens is 1. The number of nitrogen functional groups attached to an aromatic ring is 1. The van der Waals surface area contributed by atoms with E-state index in [-0.39, 0.29) is 5.95 Å². The molecule has 136 valence electrons. The Bertz CT molecular complexity index is 870. The maximum Gasteiger partial charge on any atom is 0.260 e. The fourth-order valence-electron chi connectivity index (χ4n) is 2.37. The summed E-state index contributed by atoms with van der Waals surface area (Å²) in [5.74, 6) is 1.46. The molecule has 1 heterocycles. The van der Waals surface area contributed by atoms with Gasteiger partial charge in [-0.1, -0.05) is 47.0 Å². The fraction of sp³-hybridized carbons (Fsp3) is 0.235. The maximum atomic E-state index is 6.21. The van der Waals surface area contributed by atoms with Gasteiger partial charge in [-0.15, -0.1) is 4.79 Å². The van der Waals surface area contributed by atoms with Gasteiger partial charge in [0.2, 0.25) is 0 Å². The first kappa shape index (κ1) is 17.8. The summed E-state index contributed by atoms with van der Waals surface area (Å²) in [5.41, 5.74) is 10.5. The van der Waals surface area contributed by atoms with Gasteiger partial charge in [-0.3, -0.25) is 0 Å². The molecule has 26 heavy (non-hydrogen) atoms. The van der Waals surface area contributed by atoms with Crippen molar-refractivity contribution in [2.45, 2.75) is 20.1 Å². The summed E-state index contributed by atoms with van der Waals surface area (Å²) in [6, 6.07) is 13.2. The number of nitrogens with two attached hydrogens (primary N) is 1. The molecular formula is C17H19ClN6O2. The largest absolute Gasteiger partial charge is 0.490 e. The Hall–Kier alpha value is -3.00. The predicted molar refractivity (Wildman–Crippen MR) is 98.7 cm³/mol. The van der Waals surface area contributed by atoms with Crippen molar-refractivity contribution in [1.82, 2.24) is 20.3 Å². The number of rotatable bonds is 8.